The Hall–Kier alpha value is -1.11. The number of hydrogen-bond donors (Lipinski definition) is 0. The van der Waals surface area contributed by atoms with Gasteiger partial charge in [0.25, 0.3) is 0 Å². The highest BCUT2D eigenvalue weighted by Crippen LogP contribution is 2.35. The molecule has 1 atom stereocenters. The van der Waals surface area contributed by atoms with Gasteiger partial charge in [-0.25, -0.2) is 0 Å². The molecule has 1 nitrogen and oxygen atoms in total. The molecule has 0 aliphatic carbocycles. The average molecular weight is 331 g/mol. The molecule has 0 aliphatic rings. The molecule has 0 heterocycles. The zero-order chi connectivity index (χ0) is 18.2. The second-order valence-electron chi connectivity index (χ2n) is 8.31. The predicted octanol–water partition coefficient (Wildman–Crippen LogP) is 7.01. The summed E-state index contributed by atoms with van der Waals surface area (Å²) in [6, 6.07) is 6.79. The molecule has 24 heavy (non-hydrogen) atoms. The minimum absolute atomic E-state index is 0.386. The summed E-state index contributed by atoms with van der Waals surface area (Å²) in [6.45, 7) is 13.7. The summed E-state index contributed by atoms with van der Waals surface area (Å²) in [7, 11) is 0. The first-order valence-corrected chi connectivity index (χ1v) is 9.90. The van der Waals surface area contributed by atoms with Gasteiger partial charge in [-0.1, -0.05) is 72.1 Å². The second-order valence-corrected chi connectivity index (χ2v) is 8.31. The highest BCUT2D eigenvalue weighted by molar-refractivity contribution is 5.78. The van der Waals surface area contributed by atoms with Crippen LogP contribution in [0.4, 0.5) is 0 Å². The first-order chi connectivity index (χ1) is 11.3. The van der Waals surface area contributed by atoms with Crippen LogP contribution < -0.4 is 0 Å². The average Bonchev–Trinajstić information content (AvgIpc) is 2.53. The molecule has 1 aromatic rings. The predicted molar refractivity (Wildman–Crippen MR) is 106 cm³/mol. The van der Waals surface area contributed by atoms with Crippen molar-refractivity contribution in [2.24, 2.45) is 5.41 Å². The van der Waals surface area contributed by atoms with E-state index < -0.39 is 0 Å². The third kappa shape index (κ3) is 7.20. The number of carbonyl (C=O) groups excluding carboxylic acids is 1. The van der Waals surface area contributed by atoms with Crippen LogP contribution in [-0.2, 0) is 11.2 Å². The van der Waals surface area contributed by atoms with E-state index in [1.54, 1.807) is 0 Å². The number of hydrogen-bond acceptors (Lipinski definition) is 1. The van der Waals surface area contributed by atoms with Crippen LogP contribution in [0.1, 0.15) is 102 Å². The minimum Gasteiger partial charge on any atom is -0.300 e. The van der Waals surface area contributed by atoms with Crippen molar-refractivity contribution in [3.63, 3.8) is 0 Å². The Kier molecular flexibility index (Phi) is 8.73. The summed E-state index contributed by atoms with van der Waals surface area (Å²) >= 11 is 0. The van der Waals surface area contributed by atoms with Gasteiger partial charge < -0.3 is 0 Å². The maximum absolute atomic E-state index is 12.0. The topological polar surface area (TPSA) is 17.1 Å². The fourth-order valence-electron chi connectivity index (χ4n) is 3.44. The quantitative estimate of drug-likeness (QED) is 0.399. The van der Waals surface area contributed by atoms with Crippen molar-refractivity contribution in [1.82, 2.24) is 0 Å². The number of rotatable bonds is 11. The largest absolute Gasteiger partial charge is 0.300 e. The van der Waals surface area contributed by atoms with Gasteiger partial charge >= 0.3 is 0 Å². The number of unbranched alkanes of at least 4 members (excludes halogenated alkanes) is 2. The van der Waals surface area contributed by atoms with Crippen LogP contribution in [0.15, 0.2) is 18.2 Å². The molecular formula is C23H38O. The Bertz CT molecular complexity index is 513. The van der Waals surface area contributed by atoms with Crippen LogP contribution in [0.3, 0.4) is 0 Å². The van der Waals surface area contributed by atoms with Crippen molar-refractivity contribution >= 4 is 5.78 Å². The zero-order valence-electron chi connectivity index (χ0n) is 16.9. The van der Waals surface area contributed by atoms with Crippen LogP contribution in [0.5, 0.6) is 0 Å². The number of benzene rings is 1. The van der Waals surface area contributed by atoms with Crippen LogP contribution in [-0.4, -0.2) is 5.78 Å². The summed E-state index contributed by atoms with van der Waals surface area (Å²) in [5.74, 6) is 0.992. The molecular weight excluding hydrogens is 292 g/mol. The lowest BCUT2D eigenvalue weighted by molar-refractivity contribution is -0.119. The Morgan fingerprint density at radius 2 is 1.83 bits per heavy atom. The summed E-state index contributed by atoms with van der Waals surface area (Å²) in [5.41, 5.74) is 4.55. The summed E-state index contributed by atoms with van der Waals surface area (Å²) in [4.78, 5) is 12.0. The van der Waals surface area contributed by atoms with Crippen molar-refractivity contribution in [2.75, 3.05) is 0 Å². The molecule has 136 valence electrons. The molecule has 0 aromatic heterocycles. The Morgan fingerprint density at radius 3 is 2.46 bits per heavy atom. The SMILES string of the molecule is CCCCCC(=O)CCc1ccc(C)c(C(C)CC(C)(C)CC)c1. The molecule has 0 aliphatic heterocycles. The Balaban J connectivity index is 2.67. The van der Waals surface area contributed by atoms with Crippen molar-refractivity contribution in [3.05, 3.63) is 34.9 Å². The standard InChI is InChI=1S/C23H38O/c1-7-9-10-11-21(24)15-14-20-13-12-18(3)22(16-20)19(4)17-23(5,6)8-2/h12-13,16,19H,7-11,14-15,17H2,1-6H3. The zero-order valence-corrected chi connectivity index (χ0v) is 16.9. The monoisotopic (exact) mass is 330 g/mol. The maximum Gasteiger partial charge on any atom is 0.133 e. The molecule has 0 amide bonds. The van der Waals surface area contributed by atoms with E-state index in [-0.39, 0.29) is 0 Å². The van der Waals surface area contributed by atoms with Crippen LogP contribution in [0, 0.1) is 12.3 Å². The number of ketones is 1. The molecule has 0 saturated heterocycles. The smallest absolute Gasteiger partial charge is 0.133 e. The molecule has 0 radical (unpaired) electrons. The van der Waals surface area contributed by atoms with Crippen LogP contribution in [0.25, 0.3) is 0 Å². The fraction of sp³-hybridized carbons (Fsp3) is 0.696. The van der Waals surface area contributed by atoms with Gasteiger partial charge in [-0.3, -0.25) is 4.79 Å². The first-order valence-electron chi connectivity index (χ1n) is 9.90. The molecule has 1 rings (SSSR count). The summed E-state index contributed by atoms with van der Waals surface area (Å²) < 4.78 is 0. The Morgan fingerprint density at radius 1 is 1.12 bits per heavy atom. The van der Waals surface area contributed by atoms with E-state index in [9.17, 15) is 4.79 Å². The lowest BCUT2D eigenvalue weighted by Crippen LogP contribution is -2.14. The molecule has 0 fully saturated rings. The van der Waals surface area contributed by atoms with E-state index in [1.165, 1.54) is 42.4 Å². The third-order valence-electron chi connectivity index (χ3n) is 5.44. The van der Waals surface area contributed by atoms with Crippen molar-refractivity contribution < 1.29 is 4.79 Å². The van der Waals surface area contributed by atoms with E-state index in [0.717, 1.165) is 19.3 Å². The molecule has 0 N–H and O–H groups in total. The van der Waals surface area contributed by atoms with Gasteiger partial charge in [0.1, 0.15) is 5.78 Å². The first kappa shape index (κ1) is 20.9. The van der Waals surface area contributed by atoms with E-state index in [1.807, 2.05) is 0 Å². The minimum atomic E-state index is 0.386. The van der Waals surface area contributed by atoms with Crippen LogP contribution >= 0.6 is 0 Å². The van der Waals surface area contributed by atoms with Gasteiger partial charge in [-0.2, -0.15) is 0 Å². The highest BCUT2D eigenvalue weighted by Gasteiger charge is 2.21. The Labute approximate surface area is 150 Å². The summed E-state index contributed by atoms with van der Waals surface area (Å²) in [6.07, 6.45) is 8.17. The van der Waals surface area contributed by atoms with Gasteiger partial charge in [0, 0.05) is 12.8 Å². The normalized spacial score (nSPS) is 13.1. The molecule has 1 unspecified atom stereocenters. The van der Waals surface area contributed by atoms with Crippen LogP contribution in [0.2, 0.25) is 0 Å². The second kappa shape index (κ2) is 10.0. The molecule has 0 spiro atoms. The van der Waals surface area contributed by atoms with Crippen molar-refractivity contribution in [2.45, 2.75) is 98.8 Å². The van der Waals surface area contributed by atoms with E-state index in [0.29, 0.717) is 23.5 Å². The van der Waals surface area contributed by atoms with Gasteiger partial charge in [0.15, 0.2) is 0 Å². The maximum atomic E-state index is 12.0. The van der Waals surface area contributed by atoms with E-state index in [4.69, 9.17) is 0 Å². The number of carbonyl (C=O) groups is 1. The van der Waals surface area contributed by atoms with E-state index in [2.05, 4.69) is 59.7 Å². The van der Waals surface area contributed by atoms with Crippen molar-refractivity contribution in [3.8, 4) is 0 Å². The van der Waals surface area contributed by atoms with Gasteiger partial charge in [0.2, 0.25) is 0 Å². The number of aryl methyl sites for hydroxylation is 2. The van der Waals surface area contributed by atoms with Gasteiger partial charge in [0.05, 0.1) is 0 Å². The van der Waals surface area contributed by atoms with E-state index >= 15 is 0 Å². The van der Waals surface area contributed by atoms with Crippen molar-refractivity contribution in [1.29, 1.82) is 0 Å². The fourth-order valence-corrected chi connectivity index (χ4v) is 3.44. The molecule has 0 saturated carbocycles. The third-order valence-corrected chi connectivity index (χ3v) is 5.44. The van der Waals surface area contributed by atoms with Gasteiger partial charge in [-0.05, 0) is 54.2 Å². The number of Topliss-reactive ketones (excluding diaryl/α,β-unsaturated/α-hetero) is 1. The molecule has 0 bridgehead atoms. The molecule has 1 aromatic carbocycles. The van der Waals surface area contributed by atoms with Gasteiger partial charge in [-0.15, -0.1) is 0 Å². The molecule has 1 heteroatoms. The lowest BCUT2D eigenvalue weighted by Gasteiger charge is -2.28. The highest BCUT2D eigenvalue weighted by atomic mass is 16.1. The lowest BCUT2D eigenvalue weighted by atomic mass is 9.78. The summed E-state index contributed by atoms with van der Waals surface area (Å²) in [5, 5.41) is 0.